The van der Waals surface area contributed by atoms with Crippen LogP contribution in [0.25, 0.3) is 0 Å². The maximum absolute atomic E-state index is 9.75. The van der Waals surface area contributed by atoms with Crippen molar-refractivity contribution in [3.8, 4) is 11.5 Å². The fourth-order valence-corrected chi connectivity index (χ4v) is 1.60. The van der Waals surface area contributed by atoms with Crippen molar-refractivity contribution in [1.29, 1.82) is 0 Å². The third-order valence-electron chi connectivity index (χ3n) is 2.67. The summed E-state index contributed by atoms with van der Waals surface area (Å²) in [7, 11) is 4.78. The first-order valence-corrected chi connectivity index (χ1v) is 6.42. The SMILES string of the molecule is COCCOCC(O)CNc1ccc(OC)c(OC)c1. The van der Waals surface area contributed by atoms with Crippen molar-refractivity contribution in [2.24, 2.45) is 0 Å². The molecule has 0 heterocycles. The Bertz CT molecular complexity index is 386. The molecule has 1 unspecified atom stereocenters. The maximum Gasteiger partial charge on any atom is 0.162 e. The standard InChI is InChI=1S/C14H23NO5/c1-17-6-7-20-10-12(16)9-15-11-4-5-13(18-2)14(8-11)19-3/h4-5,8,12,15-16H,6-7,9-10H2,1-3H3. The van der Waals surface area contributed by atoms with Gasteiger partial charge >= 0.3 is 0 Å². The minimum Gasteiger partial charge on any atom is -0.493 e. The Morgan fingerprint density at radius 3 is 2.50 bits per heavy atom. The predicted octanol–water partition coefficient (Wildman–Crippen LogP) is 1.14. The lowest BCUT2D eigenvalue weighted by Crippen LogP contribution is -2.25. The van der Waals surface area contributed by atoms with Crippen LogP contribution in [0.1, 0.15) is 0 Å². The van der Waals surface area contributed by atoms with Gasteiger partial charge in [0.05, 0.1) is 40.1 Å². The largest absolute Gasteiger partial charge is 0.493 e. The van der Waals surface area contributed by atoms with E-state index in [1.54, 1.807) is 21.3 Å². The molecule has 0 saturated heterocycles. The summed E-state index contributed by atoms with van der Waals surface area (Å²) in [4.78, 5) is 0. The molecule has 0 spiro atoms. The van der Waals surface area contributed by atoms with Gasteiger partial charge in [0.1, 0.15) is 0 Å². The molecule has 0 aliphatic carbocycles. The molecular weight excluding hydrogens is 262 g/mol. The van der Waals surface area contributed by atoms with E-state index in [4.69, 9.17) is 18.9 Å². The van der Waals surface area contributed by atoms with E-state index < -0.39 is 6.10 Å². The monoisotopic (exact) mass is 285 g/mol. The van der Waals surface area contributed by atoms with Gasteiger partial charge in [0.15, 0.2) is 11.5 Å². The molecule has 114 valence electrons. The second-order valence-electron chi connectivity index (χ2n) is 4.17. The number of benzene rings is 1. The Balaban J connectivity index is 2.37. The van der Waals surface area contributed by atoms with Crippen molar-refractivity contribution in [3.63, 3.8) is 0 Å². The minimum atomic E-state index is -0.583. The van der Waals surface area contributed by atoms with E-state index in [1.165, 1.54) is 0 Å². The quantitative estimate of drug-likeness (QED) is 0.628. The Morgan fingerprint density at radius 2 is 1.85 bits per heavy atom. The molecule has 0 aromatic heterocycles. The number of methoxy groups -OCH3 is 3. The van der Waals surface area contributed by atoms with Gasteiger partial charge in [0.2, 0.25) is 0 Å². The summed E-state index contributed by atoms with van der Waals surface area (Å²) in [6.07, 6.45) is -0.583. The van der Waals surface area contributed by atoms with Crippen LogP contribution in [0.3, 0.4) is 0 Å². The first-order valence-electron chi connectivity index (χ1n) is 6.42. The zero-order chi connectivity index (χ0) is 14.8. The molecule has 0 fully saturated rings. The molecule has 0 amide bonds. The van der Waals surface area contributed by atoms with Gasteiger partial charge in [-0.2, -0.15) is 0 Å². The first-order chi connectivity index (χ1) is 9.71. The van der Waals surface area contributed by atoms with Crippen molar-refractivity contribution in [3.05, 3.63) is 18.2 Å². The topological polar surface area (TPSA) is 69.2 Å². The molecule has 1 atom stereocenters. The van der Waals surface area contributed by atoms with Gasteiger partial charge in [0, 0.05) is 25.4 Å². The van der Waals surface area contributed by atoms with Crippen LogP contribution in [0.5, 0.6) is 11.5 Å². The molecule has 0 aliphatic heterocycles. The second-order valence-corrected chi connectivity index (χ2v) is 4.17. The van der Waals surface area contributed by atoms with Gasteiger partial charge < -0.3 is 29.4 Å². The number of hydrogen-bond donors (Lipinski definition) is 2. The molecule has 6 nitrogen and oxygen atoms in total. The van der Waals surface area contributed by atoms with E-state index >= 15 is 0 Å². The van der Waals surface area contributed by atoms with Crippen LogP contribution < -0.4 is 14.8 Å². The molecule has 0 bridgehead atoms. The number of nitrogens with one attached hydrogen (secondary N) is 1. The molecular formula is C14H23NO5. The molecule has 1 rings (SSSR count). The highest BCUT2D eigenvalue weighted by atomic mass is 16.5. The lowest BCUT2D eigenvalue weighted by Gasteiger charge is -2.14. The van der Waals surface area contributed by atoms with Gasteiger partial charge in [-0.3, -0.25) is 0 Å². The Hall–Kier alpha value is -1.50. The normalized spacial score (nSPS) is 12.0. The highest BCUT2D eigenvalue weighted by Crippen LogP contribution is 2.29. The van der Waals surface area contributed by atoms with E-state index in [-0.39, 0.29) is 6.61 Å². The van der Waals surface area contributed by atoms with Crippen LogP contribution in [-0.2, 0) is 9.47 Å². The number of ether oxygens (including phenoxy) is 4. The van der Waals surface area contributed by atoms with E-state index in [2.05, 4.69) is 5.32 Å². The van der Waals surface area contributed by atoms with E-state index in [0.29, 0.717) is 31.3 Å². The maximum atomic E-state index is 9.75. The van der Waals surface area contributed by atoms with E-state index in [1.807, 2.05) is 18.2 Å². The molecule has 1 aromatic rings. The van der Waals surface area contributed by atoms with Crippen LogP contribution in [0.15, 0.2) is 18.2 Å². The molecule has 0 radical (unpaired) electrons. The van der Waals surface area contributed by atoms with Crippen molar-refractivity contribution < 1.29 is 24.1 Å². The summed E-state index contributed by atoms with van der Waals surface area (Å²) in [6.45, 7) is 1.66. The zero-order valence-corrected chi connectivity index (χ0v) is 12.2. The van der Waals surface area contributed by atoms with Gasteiger partial charge in [-0.25, -0.2) is 0 Å². The first kappa shape index (κ1) is 16.6. The highest BCUT2D eigenvalue weighted by Gasteiger charge is 2.07. The molecule has 0 saturated carbocycles. The van der Waals surface area contributed by atoms with Gasteiger partial charge in [-0.15, -0.1) is 0 Å². The van der Waals surface area contributed by atoms with E-state index in [0.717, 1.165) is 5.69 Å². The Labute approximate surface area is 119 Å². The molecule has 20 heavy (non-hydrogen) atoms. The van der Waals surface area contributed by atoms with Crippen molar-refractivity contribution in [1.82, 2.24) is 0 Å². The highest BCUT2D eigenvalue weighted by molar-refractivity contribution is 5.54. The van der Waals surface area contributed by atoms with Gasteiger partial charge in [0.25, 0.3) is 0 Å². The summed E-state index contributed by atoms with van der Waals surface area (Å²) >= 11 is 0. The number of aliphatic hydroxyl groups excluding tert-OH is 1. The summed E-state index contributed by atoms with van der Waals surface area (Å²) in [6, 6.07) is 5.49. The van der Waals surface area contributed by atoms with Gasteiger partial charge in [-0.05, 0) is 12.1 Å². The summed E-state index contributed by atoms with van der Waals surface area (Å²) in [5, 5.41) is 12.9. The fourth-order valence-electron chi connectivity index (χ4n) is 1.60. The van der Waals surface area contributed by atoms with Crippen molar-refractivity contribution in [2.75, 3.05) is 53.0 Å². The number of aliphatic hydroxyl groups is 1. The van der Waals surface area contributed by atoms with Crippen molar-refractivity contribution >= 4 is 5.69 Å². The summed E-state index contributed by atoms with van der Waals surface area (Å²) in [5.74, 6) is 1.31. The molecule has 1 aromatic carbocycles. The third-order valence-corrected chi connectivity index (χ3v) is 2.67. The van der Waals surface area contributed by atoms with Crippen LogP contribution in [0.2, 0.25) is 0 Å². The summed E-state index contributed by atoms with van der Waals surface area (Å²) < 4.78 is 20.5. The lowest BCUT2D eigenvalue weighted by molar-refractivity contribution is 0.0182. The smallest absolute Gasteiger partial charge is 0.162 e. The number of hydrogen-bond acceptors (Lipinski definition) is 6. The Morgan fingerprint density at radius 1 is 1.10 bits per heavy atom. The molecule has 6 heteroatoms. The van der Waals surface area contributed by atoms with Gasteiger partial charge in [-0.1, -0.05) is 0 Å². The third kappa shape index (κ3) is 5.64. The van der Waals surface area contributed by atoms with Crippen LogP contribution >= 0.6 is 0 Å². The second kappa shape index (κ2) is 9.41. The minimum absolute atomic E-state index is 0.268. The average molecular weight is 285 g/mol. The van der Waals surface area contributed by atoms with E-state index in [9.17, 15) is 5.11 Å². The fraction of sp³-hybridized carbons (Fsp3) is 0.571. The van der Waals surface area contributed by atoms with Crippen LogP contribution in [0, 0.1) is 0 Å². The average Bonchev–Trinajstić information content (AvgIpc) is 2.49. The zero-order valence-electron chi connectivity index (χ0n) is 12.2. The Kier molecular flexibility index (Phi) is 7.79. The molecule has 0 aliphatic rings. The van der Waals surface area contributed by atoms with Crippen LogP contribution in [-0.4, -0.2) is 58.9 Å². The van der Waals surface area contributed by atoms with Crippen LogP contribution in [0.4, 0.5) is 5.69 Å². The lowest BCUT2D eigenvalue weighted by atomic mass is 10.2. The number of anilines is 1. The number of rotatable bonds is 10. The summed E-state index contributed by atoms with van der Waals surface area (Å²) in [5.41, 5.74) is 0.846. The predicted molar refractivity (Wildman–Crippen MR) is 76.7 cm³/mol. The molecule has 2 N–H and O–H groups in total. The van der Waals surface area contributed by atoms with Crippen molar-refractivity contribution in [2.45, 2.75) is 6.10 Å².